The zero-order valence-electron chi connectivity index (χ0n) is 13.5. The van der Waals surface area contributed by atoms with E-state index in [9.17, 15) is 4.79 Å². The number of hydrogen-bond donors (Lipinski definition) is 1. The summed E-state index contributed by atoms with van der Waals surface area (Å²) in [4.78, 5) is 12.0. The van der Waals surface area contributed by atoms with E-state index < -0.39 is 0 Å². The molecule has 122 valence electrons. The van der Waals surface area contributed by atoms with Crippen LogP contribution in [-0.4, -0.2) is 22.6 Å². The second kappa shape index (κ2) is 7.55. The van der Waals surface area contributed by atoms with Crippen molar-refractivity contribution in [2.75, 3.05) is 6.54 Å². The van der Waals surface area contributed by atoms with Crippen molar-refractivity contribution in [3.05, 3.63) is 71.6 Å². The Balaban J connectivity index is 1.51. The van der Waals surface area contributed by atoms with Crippen LogP contribution in [0.1, 0.15) is 17.0 Å². The average Bonchev–Trinajstić information content (AvgIpc) is 3.05. The maximum atomic E-state index is 12.0. The van der Waals surface area contributed by atoms with Gasteiger partial charge in [0, 0.05) is 12.1 Å². The van der Waals surface area contributed by atoms with Gasteiger partial charge in [0.25, 0.3) is 0 Å². The Labute approximate surface area is 140 Å². The maximum Gasteiger partial charge on any atom is 0.247 e. The van der Waals surface area contributed by atoms with Gasteiger partial charge >= 0.3 is 0 Å². The molecule has 1 N–H and O–H groups in total. The van der Waals surface area contributed by atoms with Crippen LogP contribution in [0.2, 0.25) is 0 Å². The average molecular weight is 321 g/mol. The molecule has 0 bridgehead atoms. The molecule has 0 fully saturated rings. The summed E-state index contributed by atoms with van der Waals surface area (Å²) in [6.07, 6.45) is 0.888. The first-order valence-electron chi connectivity index (χ1n) is 7.91. The lowest BCUT2D eigenvalue weighted by Gasteiger charge is -2.03. The Morgan fingerprint density at radius 1 is 1.04 bits per heavy atom. The molecule has 1 heterocycles. The lowest BCUT2D eigenvalue weighted by molar-refractivity contribution is -0.120. The van der Waals surface area contributed by atoms with Gasteiger partial charge in [-0.05, 0) is 31.0 Å². The molecule has 0 saturated carbocycles. The van der Waals surface area contributed by atoms with Gasteiger partial charge in [-0.15, -0.1) is 10.2 Å². The van der Waals surface area contributed by atoms with E-state index in [1.54, 1.807) is 0 Å². The van der Waals surface area contributed by atoms with Gasteiger partial charge in [-0.1, -0.05) is 48.0 Å². The van der Waals surface area contributed by atoms with Crippen molar-refractivity contribution >= 4 is 5.91 Å². The van der Waals surface area contributed by atoms with Crippen LogP contribution in [0.25, 0.3) is 11.5 Å². The zero-order valence-corrected chi connectivity index (χ0v) is 13.5. The second-order valence-corrected chi connectivity index (χ2v) is 5.63. The number of nitrogens with one attached hydrogen (secondary N) is 1. The minimum absolute atomic E-state index is 0.0909. The molecule has 5 nitrogen and oxygen atoms in total. The molecule has 0 spiro atoms. The summed E-state index contributed by atoms with van der Waals surface area (Å²) in [6, 6.07) is 17.8. The molecule has 0 unspecified atom stereocenters. The Morgan fingerprint density at radius 2 is 1.79 bits per heavy atom. The lowest BCUT2D eigenvalue weighted by Crippen LogP contribution is -2.27. The molecule has 2 aromatic carbocycles. The standard InChI is InChI=1S/C19H19N3O2/c1-14-7-9-16(10-8-14)19-22-21-18(24-19)13-17(23)20-12-11-15-5-3-2-4-6-15/h2-10H,11-13H2,1H3,(H,20,23). The fraction of sp³-hybridized carbons (Fsp3) is 0.211. The Hall–Kier alpha value is -2.95. The number of benzene rings is 2. The third-order valence-electron chi connectivity index (χ3n) is 3.66. The molecule has 0 aliphatic carbocycles. The number of carbonyl (C=O) groups is 1. The Kier molecular flexibility index (Phi) is 5.01. The third-order valence-corrected chi connectivity index (χ3v) is 3.66. The van der Waals surface area contributed by atoms with Gasteiger partial charge in [0.1, 0.15) is 6.42 Å². The van der Waals surface area contributed by atoms with Crippen molar-refractivity contribution in [1.29, 1.82) is 0 Å². The zero-order chi connectivity index (χ0) is 16.8. The highest BCUT2D eigenvalue weighted by Gasteiger charge is 2.12. The van der Waals surface area contributed by atoms with E-state index in [0.29, 0.717) is 18.3 Å². The highest BCUT2D eigenvalue weighted by atomic mass is 16.4. The molecule has 1 amide bonds. The first-order chi connectivity index (χ1) is 11.7. The summed E-state index contributed by atoms with van der Waals surface area (Å²) in [6.45, 7) is 2.60. The molecule has 3 rings (SSSR count). The van der Waals surface area contributed by atoms with Gasteiger partial charge in [-0.25, -0.2) is 0 Å². The van der Waals surface area contributed by atoms with E-state index in [1.165, 1.54) is 5.56 Å². The first-order valence-corrected chi connectivity index (χ1v) is 7.91. The van der Waals surface area contributed by atoms with Crippen LogP contribution in [0.3, 0.4) is 0 Å². The van der Waals surface area contributed by atoms with Crippen molar-refractivity contribution in [2.24, 2.45) is 0 Å². The monoisotopic (exact) mass is 321 g/mol. The molecular weight excluding hydrogens is 302 g/mol. The number of hydrogen-bond acceptors (Lipinski definition) is 4. The van der Waals surface area contributed by atoms with Crippen molar-refractivity contribution in [1.82, 2.24) is 15.5 Å². The highest BCUT2D eigenvalue weighted by molar-refractivity contribution is 5.77. The van der Waals surface area contributed by atoms with Gasteiger partial charge in [0.15, 0.2) is 0 Å². The number of amides is 1. The predicted molar refractivity (Wildman–Crippen MR) is 91.3 cm³/mol. The minimum atomic E-state index is -0.120. The number of rotatable bonds is 6. The van der Waals surface area contributed by atoms with Crippen LogP contribution in [-0.2, 0) is 17.6 Å². The van der Waals surface area contributed by atoms with Crippen molar-refractivity contribution in [3.8, 4) is 11.5 Å². The normalized spacial score (nSPS) is 10.5. The smallest absolute Gasteiger partial charge is 0.247 e. The van der Waals surface area contributed by atoms with Crippen molar-refractivity contribution in [3.63, 3.8) is 0 Å². The van der Waals surface area contributed by atoms with Crippen LogP contribution in [0.15, 0.2) is 59.0 Å². The van der Waals surface area contributed by atoms with Crippen LogP contribution in [0, 0.1) is 6.92 Å². The predicted octanol–water partition coefficient (Wildman–Crippen LogP) is 2.95. The summed E-state index contributed by atoms with van der Waals surface area (Å²) in [5, 5.41) is 10.8. The lowest BCUT2D eigenvalue weighted by atomic mass is 10.1. The van der Waals surface area contributed by atoms with E-state index in [4.69, 9.17) is 4.42 Å². The first kappa shape index (κ1) is 15.9. The van der Waals surface area contributed by atoms with Gasteiger partial charge in [0.05, 0.1) is 0 Å². The summed E-state index contributed by atoms with van der Waals surface area (Å²) in [7, 11) is 0. The Bertz CT molecular complexity index is 795. The van der Waals surface area contributed by atoms with Crippen LogP contribution < -0.4 is 5.32 Å². The maximum absolute atomic E-state index is 12.0. The molecule has 1 aromatic heterocycles. The summed E-state index contributed by atoms with van der Waals surface area (Å²) >= 11 is 0. The molecule has 0 saturated heterocycles. The number of aromatic nitrogens is 2. The van der Waals surface area contributed by atoms with E-state index in [1.807, 2.05) is 61.5 Å². The summed E-state index contributed by atoms with van der Waals surface area (Å²) in [5.41, 5.74) is 3.21. The Morgan fingerprint density at radius 3 is 2.54 bits per heavy atom. The molecule has 0 aliphatic rings. The second-order valence-electron chi connectivity index (χ2n) is 5.63. The number of aryl methyl sites for hydroxylation is 1. The van der Waals surface area contributed by atoms with E-state index in [0.717, 1.165) is 17.5 Å². The topological polar surface area (TPSA) is 68.0 Å². The fourth-order valence-electron chi connectivity index (χ4n) is 2.33. The highest BCUT2D eigenvalue weighted by Crippen LogP contribution is 2.18. The minimum Gasteiger partial charge on any atom is -0.420 e. The van der Waals surface area contributed by atoms with E-state index in [-0.39, 0.29) is 12.3 Å². The fourth-order valence-corrected chi connectivity index (χ4v) is 2.33. The molecule has 0 aliphatic heterocycles. The van der Waals surface area contributed by atoms with Gasteiger partial charge in [-0.2, -0.15) is 0 Å². The van der Waals surface area contributed by atoms with Crippen LogP contribution >= 0.6 is 0 Å². The molecule has 5 heteroatoms. The quantitative estimate of drug-likeness (QED) is 0.758. The van der Waals surface area contributed by atoms with Crippen LogP contribution in [0.5, 0.6) is 0 Å². The number of carbonyl (C=O) groups excluding carboxylic acids is 1. The van der Waals surface area contributed by atoms with Gasteiger partial charge in [0.2, 0.25) is 17.7 Å². The van der Waals surface area contributed by atoms with Crippen LogP contribution in [0.4, 0.5) is 0 Å². The van der Waals surface area contributed by atoms with E-state index >= 15 is 0 Å². The van der Waals surface area contributed by atoms with Gasteiger partial charge in [-0.3, -0.25) is 4.79 Å². The molecule has 3 aromatic rings. The SMILES string of the molecule is Cc1ccc(-c2nnc(CC(=O)NCCc3ccccc3)o2)cc1. The molecule has 24 heavy (non-hydrogen) atoms. The summed E-state index contributed by atoms with van der Waals surface area (Å²) < 4.78 is 5.56. The van der Waals surface area contributed by atoms with E-state index in [2.05, 4.69) is 15.5 Å². The van der Waals surface area contributed by atoms with Crippen molar-refractivity contribution in [2.45, 2.75) is 19.8 Å². The third kappa shape index (κ3) is 4.29. The number of nitrogens with zero attached hydrogens (tertiary/aromatic N) is 2. The van der Waals surface area contributed by atoms with Crippen molar-refractivity contribution < 1.29 is 9.21 Å². The molecular formula is C19H19N3O2. The van der Waals surface area contributed by atoms with Gasteiger partial charge < -0.3 is 9.73 Å². The molecule has 0 atom stereocenters. The largest absolute Gasteiger partial charge is 0.420 e. The summed E-state index contributed by atoms with van der Waals surface area (Å²) in [5.74, 6) is 0.634. The molecule has 0 radical (unpaired) electrons.